The fourth-order valence-corrected chi connectivity index (χ4v) is 3.19. The standard InChI is InChI=1S/C20H26/c1-16(17-12-8-6-9-13-17)20(5,19(2,3)4)18-14-10-7-11-15-18/h6-16H,1-5H3. The molecule has 0 aliphatic rings. The molecule has 2 unspecified atom stereocenters. The van der Waals surface area contributed by atoms with Crippen LogP contribution in [0.1, 0.15) is 51.7 Å². The van der Waals surface area contributed by atoms with E-state index < -0.39 is 0 Å². The number of rotatable bonds is 3. The molecule has 0 spiro atoms. The van der Waals surface area contributed by atoms with E-state index in [4.69, 9.17) is 0 Å². The third kappa shape index (κ3) is 2.52. The summed E-state index contributed by atoms with van der Waals surface area (Å²) in [5, 5.41) is 0. The Bertz CT molecular complexity index is 533. The average molecular weight is 266 g/mol. The van der Waals surface area contributed by atoms with Crippen LogP contribution in [-0.4, -0.2) is 0 Å². The largest absolute Gasteiger partial charge is 0.0622 e. The van der Waals surface area contributed by atoms with Crippen molar-refractivity contribution in [2.45, 2.75) is 46.0 Å². The maximum Gasteiger partial charge on any atom is 0.00391 e. The van der Waals surface area contributed by atoms with Crippen LogP contribution in [0, 0.1) is 5.41 Å². The molecule has 0 nitrogen and oxygen atoms in total. The van der Waals surface area contributed by atoms with Crippen LogP contribution in [-0.2, 0) is 5.41 Å². The quantitative estimate of drug-likeness (QED) is 0.659. The van der Waals surface area contributed by atoms with E-state index in [0.717, 1.165) is 0 Å². The Balaban J connectivity index is 2.54. The Labute approximate surface area is 123 Å². The van der Waals surface area contributed by atoms with Crippen molar-refractivity contribution < 1.29 is 0 Å². The van der Waals surface area contributed by atoms with Crippen LogP contribution < -0.4 is 0 Å². The lowest BCUT2D eigenvalue weighted by atomic mass is 9.56. The number of benzene rings is 2. The SMILES string of the molecule is CC(c1ccccc1)C(C)(c1ccccc1)C(C)(C)C. The molecule has 0 radical (unpaired) electrons. The van der Waals surface area contributed by atoms with E-state index >= 15 is 0 Å². The third-order valence-corrected chi connectivity index (χ3v) is 5.10. The Morgan fingerprint density at radius 2 is 1.15 bits per heavy atom. The molecule has 0 heteroatoms. The van der Waals surface area contributed by atoms with Crippen molar-refractivity contribution in [3.05, 3.63) is 71.8 Å². The van der Waals surface area contributed by atoms with E-state index in [9.17, 15) is 0 Å². The highest BCUT2D eigenvalue weighted by atomic mass is 14.5. The van der Waals surface area contributed by atoms with Gasteiger partial charge in [0.2, 0.25) is 0 Å². The van der Waals surface area contributed by atoms with Gasteiger partial charge in [-0.1, -0.05) is 95.3 Å². The molecule has 0 heterocycles. The van der Waals surface area contributed by atoms with Crippen LogP contribution in [0.3, 0.4) is 0 Å². The van der Waals surface area contributed by atoms with Crippen molar-refractivity contribution >= 4 is 0 Å². The molecule has 0 aliphatic heterocycles. The molecule has 0 saturated heterocycles. The summed E-state index contributed by atoms with van der Waals surface area (Å²) in [6, 6.07) is 21.8. The maximum atomic E-state index is 2.40. The molecule has 0 amide bonds. The summed E-state index contributed by atoms with van der Waals surface area (Å²) in [7, 11) is 0. The lowest BCUT2D eigenvalue weighted by Crippen LogP contribution is -2.41. The minimum absolute atomic E-state index is 0.0929. The first kappa shape index (κ1) is 14.8. The van der Waals surface area contributed by atoms with Gasteiger partial charge in [0.25, 0.3) is 0 Å². The second-order valence-corrected chi connectivity index (χ2v) is 6.95. The monoisotopic (exact) mass is 266 g/mol. The summed E-state index contributed by atoms with van der Waals surface area (Å²) >= 11 is 0. The zero-order chi connectivity index (χ0) is 14.8. The summed E-state index contributed by atoms with van der Waals surface area (Å²) in [5.41, 5.74) is 3.11. The molecule has 2 aromatic carbocycles. The van der Waals surface area contributed by atoms with Gasteiger partial charge in [0, 0.05) is 5.41 Å². The van der Waals surface area contributed by atoms with Gasteiger partial charge in [-0.3, -0.25) is 0 Å². The van der Waals surface area contributed by atoms with Crippen LogP contribution in [0.25, 0.3) is 0 Å². The van der Waals surface area contributed by atoms with Gasteiger partial charge >= 0.3 is 0 Å². The van der Waals surface area contributed by atoms with Gasteiger partial charge < -0.3 is 0 Å². The van der Waals surface area contributed by atoms with Crippen molar-refractivity contribution in [2.75, 3.05) is 0 Å². The minimum Gasteiger partial charge on any atom is -0.0622 e. The molecule has 2 aromatic rings. The lowest BCUT2D eigenvalue weighted by molar-refractivity contribution is 0.170. The zero-order valence-electron chi connectivity index (χ0n) is 13.4. The number of hydrogen-bond acceptors (Lipinski definition) is 0. The first-order valence-electron chi connectivity index (χ1n) is 7.48. The molecule has 0 N–H and O–H groups in total. The van der Waals surface area contributed by atoms with E-state index in [1.807, 2.05) is 0 Å². The average Bonchev–Trinajstić information content (AvgIpc) is 2.46. The van der Waals surface area contributed by atoms with Crippen molar-refractivity contribution in [2.24, 2.45) is 5.41 Å². The van der Waals surface area contributed by atoms with Crippen LogP contribution in [0.4, 0.5) is 0 Å². The molecule has 20 heavy (non-hydrogen) atoms. The van der Waals surface area contributed by atoms with E-state index in [1.54, 1.807) is 0 Å². The molecule has 0 fully saturated rings. The summed E-state index contributed by atoms with van der Waals surface area (Å²) in [5.74, 6) is 0.464. The molecule has 0 aliphatic carbocycles. The van der Waals surface area contributed by atoms with Gasteiger partial charge in [0.1, 0.15) is 0 Å². The fourth-order valence-electron chi connectivity index (χ4n) is 3.19. The normalized spacial score (nSPS) is 16.4. The number of hydrogen-bond donors (Lipinski definition) is 0. The topological polar surface area (TPSA) is 0 Å². The van der Waals surface area contributed by atoms with Crippen LogP contribution in [0.2, 0.25) is 0 Å². The van der Waals surface area contributed by atoms with Gasteiger partial charge in [0.15, 0.2) is 0 Å². The summed E-state index contributed by atoms with van der Waals surface area (Å²) in [6.07, 6.45) is 0. The van der Waals surface area contributed by atoms with Gasteiger partial charge in [-0.2, -0.15) is 0 Å². The highest BCUT2D eigenvalue weighted by Gasteiger charge is 2.43. The lowest BCUT2D eigenvalue weighted by Gasteiger charge is -2.47. The highest BCUT2D eigenvalue weighted by molar-refractivity contribution is 5.34. The third-order valence-electron chi connectivity index (χ3n) is 5.10. The van der Waals surface area contributed by atoms with E-state index in [1.165, 1.54) is 11.1 Å². The fraction of sp³-hybridized carbons (Fsp3) is 0.400. The van der Waals surface area contributed by atoms with Crippen molar-refractivity contribution in [3.8, 4) is 0 Å². The highest BCUT2D eigenvalue weighted by Crippen LogP contribution is 2.50. The predicted molar refractivity (Wildman–Crippen MR) is 88.1 cm³/mol. The van der Waals surface area contributed by atoms with Gasteiger partial charge in [-0.25, -0.2) is 0 Å². The molecule has 106 valence electrons. The summed E-state index contributed by atoms with van der Waals surface area (Å²) in [4.78, 5) is 0. The van der Waals surface area contributed by atoms with Gasteiger partial charge in [-0.15, -0.1) is 0 Å². The Morgan fingerprint density at radius 1 is 0.700 bits per heavy atom. The molecule has 2 atom stereocenters. The predicted octanol–water partition coefficient (Wildman–Crippen LogP) is 5.79. The second-order valence-electron chi connectivity index (χ2n) is 6.95. The van der Waals surface area contributed by atoms with Crippen molar-refractivity contribution in [1.82, 2.24) is 0 Å². The maximum absolute atomic E-state index is 2.40. The van der Waals surface area contributed by atoms with Gasteiger partial charge in [0.05, 0.1) is 0 Å². The first-order chi connectivity index (χ1) is 9.37. The zero-order valence-corrected chi connectivity index (χ0v) is 13.4. The second kappa shape index (κ2) is 5.44. The first-order valence-corrected chi connectivity index (χ1v) is 7.48. The Hall–Kier alpha value is -1.56. The molecular weight excluding hydrogens is 240 g/mol. The summed E-state index contributed by atoms with van der Waals surface area (Å²) < 4.78 is 0. The van der Waals surface area contributed by atoms with Crippen LogP contribution in [0.15, 0.2) is 60.7 Å². The van der Waals surface area contributed by atoms with Gasteiger partial charge in [-0.05, 0) is 22.5 Å². The smallest absolute Gasteiger partial charge is 0.00391 e. The molecular formula is C20H26. The Kier molecular flexibility index (Phi) is 4.04. The van der Waals surface area contributed by atoms with E-state index in [-0.39, 0.29) is 10.8 Å². The molecule has 2 rings (SSSR count). The van der Waals surface area contributed by atoms with Crippen LogP contribution >= 0.6 is 0 Å². The molecule has 0 aromatic heterocycles. The summed E-state index contributed by atoms with van der Waals surface area (Å²) in [6.45, 7) is 11.8. The minimum atomic E-state index is 0.0929. The van der Waals surface area contributed by atoms with E-state index in [2.05, 4.69) is 95.3 Å². The van der Waals surface area contributed by atoms with E-state index in [0.29, 0.717) is 5.92 Å². The Morgan fingerprint density at radius 3 is 1.60 bits per heavy atom. The molecule has 0 saturated carbocycles. The van der Waals surface area contributed by atoms with Crippen molar-refractivity contribution in [1.29, 1.82) is 0 Å². The molecule has 0 bridgehead atoms. The van der Waals surface area contributed by atoms with Crippen LogP contribution in [0.5, 0.6) is 0 Å². The van der Waals surface area contributed by atoms with Crippen molar-refractivity contribution in [3.63, 3.8) is 0 Å².